The van der Waals surface area contributed by atoms with Gasteiger partial charge in [0.1, 0.15) is 0 Å². The number of hydrogen-bond acceptors (Lipinski definition) is 5. The van der Waals surface area contributed by atoms with Gasteiger partial charge in [-0.15, -0.1) is 0 Å². The van der Waals surface area contributed by atoms with Crippen LogP contribution in [0, 0.1) is 0 Å². The lowest BCUT2D eigenvalue weighted by molar-refractivity contribution is 0.0267. The summed E-state index contributed by atoms with van der Waals surface area (Å²) in [7, 11) is 0. The molecule has 5 nitrogen and oxygen atoms in total. The van der Waals surface area contributed by atoms with E-state index >= 15 is 0 Å². The van der Waals surface area contributed by atoms with Crippen LogP contribution in [0.3, 0.4) is 0 Å². The van der Waals surface area contributed by atoms with Gasteiger partial charge in [0.2, 0.25) is 0 Å². The molecule has 1 heterocycles. The van der Waals surface area contributed by atoms with Crippen molar-refractivity contribution in [2.45, 2.75) is 57.7 Å². The topological polar surface area (TPSA) is 56.2 Å². The van der Waals surface area contributed by atoms with Crippen LogP contribution < -0.4 is 4.74 Å². The maximum absolute atomic E-state index is 9.87. The minimum absolute atomic E-state index is 0.204. The molecule has 140 valence electrons. The van der Waals surface area contributed by atoms with Gasteiger partial charge in [-0.05, 0) is 43.9 Å². The standard InChI is InChI=1S/C20H32N2O3/c1-2-25-20-13-16(7-8-19(20)24)14-21-10-11-22(17-5-3-4-6-17)18(15-21)9-12-23/h7-8,13,17-18,23-24H,2-6,9-12,14-15H2,1H3/t18-/m0/s1. The van der Waals surface area contributed by atoms with Crippen LogP contribution in [0.4, 0.5) is 0 Å². The first-order chi connectivity index (χ1) is 12.2. The third kappa shape index (κ3) is 4.66. The molecule has 0 spiro atoms. The van der Waals surface area contributed by atoms with Crippen molar-refractivity contribution in [2.24, 2.45) is 0 Å². The predicted octanol–water partition coefficient (Wildman–Crippen LogP) is 2.60. The molecule has 0 radical (unpaired) electrons. The zero-order chi connectivity index (χ0) is 17.6. The Bertz CT molecular complexity index is 546. The molecule has 1 saturated heterocycles. The van der Waals surface area contributed by atoms with E-state index in [0.29, 0.717) is 18.4 Å². The molecular weight excluding hydrogens is 316 g/mol. The molecule has 2 fully saturated rings. The number of piperazine rings is 1. The molecule has 5 heteroatoms. The minimum Gasteiger partial charge on any atom is -0.504 e. The van der Waals surface area contributed by atoms with Crippen LogP contribution >= 0.6 is 0 Å². The lowest BCUT2D eigenvalue weighted by atomic mass is 10.0. The van der Waals surface area contributed by atoms with Crippen LogP contribution in [0.15, 0.2) is 18.2 Å². The second kappa shape index (κ2) is 8.88. The van der Waals surface area contributed by atoms with E-state index in [4.69, 9.17) is 4.74 Å². The van der Waals surface area contributed by atoms with E-state index in [1.165, 1.54) is 31.2 Å². The highest BCUT2D eigenvalue weighted by molar-refractivity contribution is 5.41. The van der Waals surface area contributed by atoms with Gasteiger partial charge >= 0.3 is 0 Å². The van der Waals surface area contributed by atoms with E-state index in [2.05, 4.69) is 9.80 Å². The Morgan fingerprint density at radius 3 is 2.72 bits per heavy atom. The first-order valence-electron chi connectivity index (χ1n) is 9.75. The third-order valence-electron chi connectivity index (χ3n) is 5.60. The van der Waals surface area contributed by atoms with Crippen LogP contribution in [0.2, 0.25) is 0 Å². The van der Waals surface area contributed by atoms with Crippen molar-refractivity contribution in [3.8, 4) is 11.5 Å². The largest absolute Gasteiger partial charge is 0.504 e. The zero-order valence-electron chi connectivity index (χ0n) is 15.4. The van der Waals surface area contributed by atoms with Crippen LogP contribution in [-0.4, -0.2) is 64.9 Å². The number of rotatable bonds is 7. The average molecular weight is 348 g/mol. The zero-order valence-corrected chi connectivity index (χ0v) is 15.4. The number of hydrogen-bond donors (Lipinski definition) is 2. The molecule has 1 atom stereocenters. The Balaban J connectivity index is 1.63. The summed E-state index contributed by atoms with van der Waals surface area (Å²) in [5.41, 5.74) is 1.17. The maximum Gasteiger partial charge on any atom is 0.161 e. The monoisotopic (exact) mass is 348 g/mol. The van der Waals surface area contributed by atoms with E-state index in [9.17, 15) is 10.2 Å². The van der Waals surface area contributed by atoms with Crippen molar-refractivity contribution in [1.82, 2.24) is 9.80 Å². The second-order valence-electron chi connectivity index (χ2n) is 7.31. The molecule has 1 aromatic carbocycles. The molecule has 1 aromatic rings. The van der Waals surface area contributed by atoms with Crippen LogP contribution in [-0.2, 0) is 6.54 Å². The van der Waals surface area contributed by atoms with Crippen molar-refractivity contribution in [3.63, 3.8) is 0 Å². The normalized spacial score (nSPS) is 23.2. The number of ether oxygens (including phenoxy) is 1. The lowest BCUT2D eigenvalue weighted by Gasteiger charge is -2.44. The molecule has 25 heavy (non-hydrogen) atoms. The molecule has 2 aliphatic rings. The number of phenols is 1. The van der Waals surface area contributed by atoms with Gasteiger partial charge in [-0.1, -0.05) is 18.9 Å². The van der Waals surface area contributed by atoms with Gasteiger partial charge in [0, 0.05) is 44.9 Å². The van der Waals surface area contributed by atoms with Crippen LogP contribution in [0.25, 0.3) is 0 Å². The quantitative estimate of drug-likeness (QED) is 0.793. The summed E-state index contributed by atoms with van der Waals surface area (Å²) < 4.78 is 5.50. The molecule has 0 bridgehead atoms. The smallest absolute Gasteiger partial charge is 0.161 e. The summed E-state index contributed by atoms with van der Waals surface area (Å²) in [5.74, 6) is 0.770. The Morgan fingerprint density at radius 2 is 2.00 bits per heavy atom. The van der Waals surface area contributed by atoms with Gasteiger partial charge < -0.3 is 14.9 Å². The minimum atomic E-state index is 0.204. The summed E-state index contributed by atoms with van der Waals surface area (Å²) in [5, 5.41) is 19.4. The summed E-state index contributed by atoms with van der Waals surface area (Å²) in [6.07, 6.45) is 6.19. The number of benzene rings is 1. The van der Waals surface area contributed by atoms with Gasteiger partial charge in [-0.25, -0.2) is 0 Å². The van der Waals surface area contributed by atoms with Crippen molar-refractivity contribution < 1.29 is 14.9 Å². The third-order valence-corrected chi connectivity index (χ3v) is 5.60. The number of aliphatic hydroxyl groups excluding tert-OH is 1. The summed E-state index contributed by atoms with van der Waals surface area (Å²) in [4.78, 5) is 5.12. The number of nitrogens with zero attached hydrogens (tertiary/aromatic N) is 2. The SMILES string of the molecule is CCOc1cc(CN2CCN(C3CCCC3)[C@@H](CCO)C2)ccc1O. The van der Waals surface area contributed by atoms with Crippen molar-refractivity contribution in [1.29, 1.82) is 0 Å². The van der Waals surface area contributed by atoms with Crippen molar-refractivity contribution in [2.75, 3.05) is 32.8 Å². The average Bonchev–Trinajstić information content (AvgIpc) is 3.13. The molecule has 1 aliphatic heterocycles. The van der Waals surface area contributed by atoms with Gasteiger partial charge in [-0.2, -0.15) is 0 Å². The second-order valence-corrected chi connectivity index (χ2v) is 7.31. The number of aliphatic hydroxyl groups is 1. The van der Waals surface area contributed by atoms with Crippen LogP contribution in [0.5, 0.6) is 11.5 Å². The summed E-state index contributed by atoms with van der Waals surface area (Å²) >= 11 is 0. The van der Waals surface area contributed by atoms with Gasteiger partial charge in [0.05, 0.1) is 6.61 Å². The van der Waals surface area contributed by atoms with Gasteiger partial charge in [-0.3, -0.25) is 9.80 Å². The van der Waals surface area contributed by atoms with Gasteiger partial charge in [0.15, 0.2) is 11.5 Å². The molecular formula is C20H32N2O3. The summed E-state index contributed by atoms with van der Waals surface area (Å²) in [6, 6.07) is 6.81. The highest BCUT2D eigenvalue weighted by Gasteiger charge is 2.32. The fourth-order valence-electron chi connectivity index (χ4n) is 4.39. The molecule has 1 saturated carbocycles. The van der Waals surface area contributed by atoms with E-state index in [1.54, 1.807) is 6.07 Å². The molecule has 0 amide bonds. The predicted molar refractivity (Wildman–Crippen MR) is 99.0 cm³/mol. The Hall–Kier alpha value is -1.30. The number of phenolic OH excluding ortho intramolecular Hbond substituents is 1. The first kappa shape index (κ1) is 18.5. The van der Waals surface area contributed by atoms with E-state index in [1.807, 2.05) is 19.1 Å². The first-order valence-corrected chi connectivity index (χ1v) is 9.75. The molecule has 1 aliphatic carbocycles. The Morgan fingerprint density at radius 1 is 1.20 bits per heavy atom. The van der Waals surface area contributed by atoms with Crippen LogP contribution in [0.1, 0.15) is 44.6 Å². The number of aromatic hydroxyl groups is 1. The maximum atomic E-state index is 9.87. The fourth-order valence-corrected chi connectivity index (χ4v) is 4.39. The lowest BCUT2D eigenvalue weighted by Crippen LogP contribution is -2.55. The molecule has 2 N–H and O–H groups in total. The summed E-state index contributed by atoms with van der Waals surface area (Å²) in [6.45, 7) is 6.75. The van der Waals surface area contributed by atoms with E-state index in [-0.39, 0.29) is 12.4 Å². The van der Waals surface area contributed by atoms with Crippen molar-refractivity contribution in [3.05, 3.63) is 23.8 Å². The van der Waals surface area contributed by atoms with Crippen molar-refractivity contribution >= 4 is 0 Å². The van der Waals surface area contributed by atoms with E-state index < -0.39 is 0 Å². The molecule has 0 unspecified atom stereocenters. The Kier molecular flexibility index (Phi) is 6.57. The van der Waals surface area contributed by atoms with E-state index in [0.717, 1.165) is 38.6 Å². The fraction of sp³-hybridized carbons (Fsp3) is 0.700. The Labute approximate surface area is 151 Å². The molecule has 3 rings (SSSR count). The molecule has 0 aromatic heterocycles. The highest BCUT2D eigenvalue weighted by atomic mass is 16.5. The van der Waals surface area contributed by atoms with Gasteiger partial charge in [0.25, 0.3) is 0 Å². The highest BCUT2D eigenvalue weighted by Crippen LogP contribution is 2.30.